The van der Waals surface area contributed by atoms with Crippen molar-refractivity contribution >= 4 is 28.1 Å². The smallest absolute Gasteiger partial charge is 0.162 e. The van der Waals surface area contributed by atoms with E-state index < -0.39 is 0 Å². The van der Waals surface area contributed by atoms with Crippen molar-refractivity contribution in [3.8, 4) is 11.4 Å². The van der Waals surface area contributed by atoms with Crippen molar-refractivity contribution in [1.29, 1.82) is 0 Å². The van der Waals surface area contributed by atoms with Crippen LogP contribution < -0.4 is 11.1 Å². The monoisotopic (exact) mass is 312 g/mol. The number of rotatable bonds is 3. The number of nitrogen functional groups attached to an aromatic ring is 1. The molecule has 1 heterocycles. The van der Waals surface area contributed by atoms with Gasteiger partial charge in [0.2, 0.25) is 0 Å². The third-order valence-corrected chi connectivity index (χ3v) is 3.81. The molecule has 0 aliphatic carbocycles. The molecule has 0 saturated heterocycles. The van der Waals surface area contributed by atoms with Gasteiger partial charge in [-0.3, -0.25) is 0 Å². The van der Waals surface area contributed by atoms with Gasteiger partial charge in [0.05, 0.1) is 5.52 Å². The van der Waals surface area contributed by atoms with Gasteiger partial charge in [0.25, 0.3) is 0 Å². The lowest BCUT2D eigenvalue weighted by atomic mass is 10.2. The Bertz CT molecular complexity index is 979. The van der Waals surface area contributed by atoms with Crippen LogP contribution in [-0.4, -0.2) is 9.97 Å². The van der Waals surface area contributed by atoms with E-state index in [4.69, 9.17) is 15.7 Å². The molecule has 3 aromatic carbocycles. The molecule has 0 aliphatic heterocycles. The molecule has 0 saturated carbocycles. The van der Waals surface area contributed by atoms with Crippen LogP contribution >= 0.6 is 0 Å². The fourth-order valence-corrected chi connectivity index (χ4v) is 2.59. The molecule has 24 heavy (non-hydrogen) atoms. The van der Waals surface area contributed by atoms with Crippen molar-refractivity contribution in [1.82, 2.24) is 9.97 Å². The van der Waals surface area contributed by atoms with Crippen molar-refractivity contribution in [3.05, 3.63) is 78.9 Å². The minimum absolute atomic E-state index is 0.701. The second-order valence-corrected chi connectivity index (χ2v) is 5.53. The van der Waals surface area contributed by atoms with Gasteiger partial charge in [-0.25, -0.2) is 9.97 Å². The Hall–Kier alpha value is -3.40. The minimum atomic E-state index is 0.701. The fraction of sp³-hybridized carbons (Fsp3) is 0. The Labute approximate surface area is 140 Å². The van der Waals surface area contributed by atoms with E-state index in [9.17, 15) is 0 Å². The molecule has 0 radical (unpaired) electrons. The third kappa shape index (κ3) is 2.77. The predicted octanol–water partition coefficient (Wildman–Crippen LogP) is 4.62. The summed E-state index contributed by atoms with van der Waals surface area (Å²) in [5.41, 5.74) is 9.32. The average molecular weight is 312 g/mol. The molecule has 0 spiro atoms. The maximum absolute atomic E-state index is 5.76. The summed E-state index contributed by atoms with van der Waals surface area (Å²) in [6, 6.07) is 25.6. The molecule has 4 rings (SSSR count). The Kier molecular flexibility index (Phi) is 3.56. The van der Waals surface area contributed by atoms with Crippen molar-refractivity contribution in [3.63, 3.8) is 0 Å². The fourth-order valence-electron chi connectivity index (χ4n) is 2.59. The molecule has 0 fully saturated rings. The highest BCUT2D eigenvalue weighted by Gasteiger charge is 2.09. The van der Waals surface area contributed by atoms with Crippen LogP contribution in [0.1, 0.15) is 0 Å². The zero-order valence-electron chi connectivity index (χ0n) is 13.0. The van der Waals surface area contributed by atoms with Gasteiger partial charge in [-0.1, -0.05) is 42.5 Å². The number of nitrogens with two attached hydrogens (primary N) is 1. The molecule has 4 aromatic rings. The van der Waals surface area contributed by atoms with Gasteiger partial charge in [0.1, 0.15) is 5.82 Å². The van der Waals surface area contributed by atoms with Crippen LogP contribution in [0.5, 0.6) is 0 Å². The Morgan fingerprint density at radius 3 is 2.21 bits per heavy atom. The second kappa shape index (κ2) is 6.01. The number of hydrogen-bond donors (Lipinski definition) is 2. The number of benzene rings is 3. The lowest BCUT2D eigenvalue weighted by Crippen LogP contribution is -1.99. The molecule has 0 atom stereocenters. The second-order valence-electron chi connectivity index (χ2n) is 5.53. The van der Waals surface area contributed by atoms with Gasteiger partial charge < -0.3 is 11.1 Å². The van der Waals surface area contributed by atoms with E-state index in [2.05, 4.69) is 5.32 Å². The summed E-state index contributed by atoms with van der Waals surface area (Å²) >= 11 is 0. The molecule has 0 unspecified atom stereocenters. The first kappa shape index (κ1) is 14.2. The van der Waals surface area contributed by atoms with Gasteiger partial charge in [-0.15, -0.1) is 0 Å². The maximum Gasteiger partial charge on any atom is 0.162 e. The minimum Gasteiger partial charge on any atom is -0.399 e. The van der Waals surface area contributed by atoms with Gasteiger partial charge in [-0.05, 0) is 36.4 Å². The molecule has 4 nitrogen and oxygen atoms in total. The molecule has 0 aliphatic rings. The van der Waals surface area contributed by atoms with Gasteiger partial charge >= 0.3 is 0 Å². The van der Waals surface area contributed by atoms with Crippen molar-refractivity contribution in [2.45, 2.75) is 0 Å². The van der Waals surface area contributed by atoms with Gasteiger partial charge in [-0.2, -0.15) is 0 Å². The predicted molar refractivity (Wildman–Crippen MR) is 99.1 cm³/mol. The summed E-state index contributed by atoms with van der Waals surface area (Å²) in [5, 5.41) is 4.36. The van der Waals surface area contributed by atoms with E-state index in [0.29, 0.717) is 5.82 Å². The summed E-state index contributed by atoms with van der Waals surface area (Å²) in [6.45, 7) is 0. The SMILES string of the molecule is Nc1ccc(Nc2nc(-c3ccccc3)nc3ccccc23)cc1. The first-order chi connectivity index (χ1) is 11.8. The van der Waals surface area contributed by atoms with E-state index >= 15 is 0 Å². The molecule has 3 N–H and O–H groups in total. The zero-order valence-corrected chi connectivity index (χ0v) is 13.0. The molecule has 116 valence electrons. The Morgan fingerprint density at radius 1 is 0.708 bits per heavy atom. The summed E-state index contributed by atoms with van der Waals surface area (Å²) in [7, 11) is 0. The Balaban J connectivity index is 1.85. The normalized spacial score (nSPS) is 10.7. The molecule has 0 bridgehead atoms. The van der Waals surface area contributed by atoms with Crippen LogP contribution in [0.15, 0.2) is 78.9 Å². The lowest BCUT2D eigenvalue weighted by Gasteiger charge is -2.11. The molecule has 4 heteroatoms. The number of para-hydroxylation sites is 1. The Morgan fingerprint density at radius 2 is 1.42 bits per heavy atom. The number of nitrogens with zero attached hydrogens (tertiary/aromatic N) is 2. The maximum atomic E-state index is 5.76. The lowest BCUT2D eigenvalue weighted by molar-refractivity contribution is 1.22. The van der Waals surface area contributed by atoms with Crippen LogP contribution in [0.3, 0.4) is 0 Å². The highest BCUT2D eigenvalue weighted by atomic mass is 15.0. The highest BCUT2D eigenvalue weighted by molar-refractivity contribution is 5.92. The van der Waals surface area contributed by atoms with E-state index in [1.807, 2.05) is 78.9 Å². The van der Waals surface area contributed by atoms with E-state index in [1.165, 1.54) is 0 Å². The average Bonchev–Trinajstić information content (AvgIpc) is 2.64. The highest BCUT2D eigenvalue weighted by Crippen LogP contribution is 2.27. The van der Waals surface area contributed by atoms with Crippen molar-refractivity contribution < 1.29 is 0 Å². The van der Waals surface area contributed by atoms with Gasteiger partial charge in [0.15, 0.2) is 5.82 Å². The summed E-state index contributed by atoms with van der Waals surface area (Å²) < 4.78 is 0. The number of anilines is 3. The van der Waals surface area contributed by atoms with Crippen LogP contribution in [0.2, 0.25) is 0 Å². The number of hydrogen-bond acceptors (Lipinski definition) is 4. The molecular formula is C20H16N4. The number of aromatic nitrogens is 2. The molecular weight excluding hydrogens is 296 g/mol. The van der Waals surface area contributed by atoms with E-state index in [1.54, 1.807) is 0 Å². The van der Waals surface area contributed by atoms with Crippen LogP contribution in [0.25, 0.3) is 22.3 Å². The summed E-state index contributed by atoms with van der Waals surface area (Å²) in [4.78, 5) is 9.43. The third-order valence-electron chi connectivity index (χ3n) is 3.81. The van der Waals surface area contributed by atoms with Crippen LogP contribution in [0.4, 0.5) is 17.2 Å². The summed E-state index contributed by atoms with van der Waals surface area (Å²) in [5.74, 6) is 1.48. The first-order valence-electron chi connectivity index (χ1n) is 7.74. The topological polar surface area (TPSA) is 63.8 Å². The summed E-state index contributed by atoms with van der Waals surface area (Å²) in [6.07, 6.45) is 0. The number of fused-ring (bicyclic) bond motifs is 1. The van der Waals surface area contributed by atoms with E-state index in [0.717, 1.165) is 33.7 Å². The van der Waals surface area contributed by atoms with Crippen molar-refractivity contribution in [2.24, 2.45) is 0 Å². The first-order valence-corrected chi connectivity index (χ1v) is 7.74. The molecule has 1 aromatic heterocycles. The largest absolute Gasteiger partial charge is 0.399 e. The number of nitrogens with one attached hydrogen (secondary N) is 1. The van der Waals surface area contributed by atoms with Crippen molar-refractivity contribution in [2.75, 3.05) is 11.1 Å². The quantitative estimate of drug-likeness (QED) is 0.542. The van der Waals surface area contributed by atoms with Crippen LogP contribution in [0, 0.1) is 0 Å². The van der Waals surface area contributed by atoms with Crippen LogP contribution in [-0.2, 0) is 0 Å². The molecule has 0 amide bonds. The van der Waals surface area contributed by atoms with Gasteiger partial charge in [0, 0.05) is 22.3 Å². The van der Waals surface area contributed by atoms with E-state index in [-0.39, 0.29) is 0 Å². The zero-order chi connectivity index (χ0) is 16.4. The standard InChI is InChI=1S/C20H16N4/c21-15-10-12-16(13-11-15)22-20-17-8-4-5-9-18(17)23-19(24-20)14-6-2-1-3-7-14/h1-13H,21H2,(H,22,23,24).